The minimum atomic E-state index is 0.136. The molecule has 0 aliphatic rings. The second-order valence-electron chi connectivity index (χ2n) is 6.22. The van der Waals surface area contributed by atoms with Gasteiger partial charge in [0.15, 0.2) is 0 Å². The van der Waals surface area contributed by atoms with Gasteiger partial charge in [-0.05, 0) is 64.2 Å². The summed E-state index contributed by atoms with van der Waals surface area (Å²) in [6.07, 6.45) is 2.19. The molecule has 0 amide bonds. The first-order chi connectivity index (χ1) is 9.42. The van der Waals surface area contributed by atoms with E-state index in [4.69, 9.17) is 16.3 Å². The molecule has 1 aromatic carbocycles. The third-order valence-electron chi connectivity index (χ3n) is 3.24. The van der Waals surface area contributed by atoms with Gasteiger partial charge < -0.3 is 10.1 Å². The molecule has 0 bridgehead atoms. The zero-order valence-electron chi connectivity index (χ0n) is 13.2. The molecular formula is C17H28ClNO. The Morgan fingerprint density at radius 3 is 2.65 bits per heavy atom. The van der Waals surface area contributed by atoms with Crippen LogP contribution in [-0.2, 0) is 4.74 Å². The first-order valence-corrected chi connectivity index (χ1v) is 7.88. The van der Waals surface area contributed by atoms with Gasteiger partial charge in [0.05, 0.1) is 0 Å². The Balaban J connectivity index is 2.63. The third kappa shape index (κ3) is 7.28. The van der Waals surface area contributed by atoms with Crippen LogP contribution in [0.25, 0.3) is 0 Å². The average Bonchev–Trinajstić information content (AvgIpc) is 2.36. The molecule has 0 aromatic heterocycles. The lowest BCUT2D eigenvalue weighted by molar-refractivity contribution is 0.141. The van der Waals surface area contributed by atoms with E-state index in [9.17, 15) is 0 Å². The van der Waals surface area contributed by atoms with E-state index in [1.54, 1.807) is 0 Å². The minimum Gasteiger partial charge on any atom is -0.382 e. The van der Waals surface area contributed by atoms with Gasteiger partial charge in [-0.15, -0.1) is 0 Å². The number of benzene rings is 1. The van der Waals surface area contributed by atoms with Gasteiger partial charge in [0.1, 0.15) is 0 Å². The van der Waals surface area contributed by atoms with E-state index in [0.717, 1.165) is 37.6 Å². The molecule has 0 heterocycles. The largest absolute Gasteiger partial charge is 0.382 e. The van der Waals surface area contributed by atoms with Crippen molar-refractivity contribution in [2.45, 2.75) is 52.0 Å². The van der Waals surface area contributed by atoms with Crippen LogP contribution in [0.5, 0.6) is 0 Å². The fourth-order valence-corrected chi connectivity index (χ4v) is 2.35. The molecular weight excluding hydrogens is 270 g/mol. The quantitative estimate of drug-likeness (QED) is 0.707. The summed E-state index contributed by atoms with van der Waals surface area (Å²) in [6, 6.07) is 8.21. The predicted molar refractivity (Wildman–Crippen MR) is 87.7 cm³/mol. The topological polar surface area (TPSA) is 21.3 Å². The van der Waals surface area contributed by atoms with E-state index in [2.05, 4.69) is 38.2 Å². The van der Waals surface area contributed by atoms with Crippen LogP contribution in [0.15, 0.2) is 24.3 Å². The highest BCUT2D eigenvalue weighted by Gasteiger charge is 2.16. The van der Waals surface area contributed by atoms with Crippen molar-refractivity contribution < 1.29 is 4.74 Å². The number of hydrogen-bond acceptors (Lipinski definition) is 2. The van der Waals surface area contributed by atoms with Gasteiger partial charge in [-0.3, -0.25) is 0 Å². The molecule has 20 heavy (non-hydrogen) atoms. The van der Waals surface area contributed by atoms with Crippen LogP contribution in [0.1, 0.15) is 52.0 Å². The normalized spacial score (nSPS) is 13.4. The highest BCUT2D eigenvalue weighted by atomic mass is 35.5. The number of nitrogens with one attached hydrogen (secondary N) is 1. The molecule has 1 unspecified atom stereocenters. The number of hydrogen-bond donors (Lipinski definition) is 1. The molecule has 0 saturated carbocycles. The van der Waals surface area contributed by atoms with Crippen LogP contribution in [0.2, 0.25) is 5.02 Å². The zero-order valence-corrected chi connectivity index (χ0v) is 14.0. The molecule has 3 heteroatoms. The summed E-state index contributed by atoms with van der Waals surface area (Å²) in [6.45, 7) is 11.2. The summed E-state index contributed by atoms with van der Waals surface area (Å²) in [5.74, 6) is 0.480. The molecule has 0 radical (unpaired) electrons. The maximum atomic E-state index is 6.12. The molecule has 1 aromatic rings. The van der Waals surface area contributed by atoms with Crippen LogP contribution < -0.4 is 5.32 Å². The molecule has 1 N–H and O–H groups in total. The van der Waals surface area contributed by atoms with Gasteiger partial charge in [-0.1, -0.05) is 23.7 Å². The number of halogens is 1. The van der Waals surface area contributed by atoms with Gasteiger partial charge in [0.2, 0.25) is 0 Å². The lowest BCUT2D eigenvalue weighted by Crippen LogP contribution is -2.38. The average molecular weight is 298 g/mol. The maximum absolute atomic E-state index is 6.12. The van der Waals surface area contributed by atoms with Crippen molar-refractivity contribution in [2.75, 3.05) is 19.8 Å². The molecule has 0 aliphatic carbocycles. The van der Waals surface area contributed by atoms with E-state index in [1.807, 2.05) is 19.1 Å². The Morgan fingerprint density at radius 1 is 1.30 bits per heavy atom. The van der Waals surface area contributed by atoms with E-state index < -0.39 is 0 Å². The standard InChI is InChI=1S/C17H28ClNO/c1-5-20-11-7-9-15(13-19-17(2,3)4)14-8-6-10-16(18)12-14/h6,8,10,12,15,19H,5,7,9,11,13H2,1-4H3. The van der Waals surface area contributed by atoms with E-state index in [-0.39, 0.29) is 5.54 Å². The summed E-state index contributed by atoms with van der Waals surface area (Å²) in [5, 5.41) is 4.41. The SMILES string of the molecule is CCOCCCC(CNC(C)(C)C)c1cccc(Cl)c1. The monoisotopic (exact) mass is 297 g/mol. The molecule has 0 spiro atoms. The van der Waals surface area contributed by atoms with Gasteiger partial charge in [-0.25, -0.2) is 0 Å². The van der Waals surface area contributed by atoms with Crippen LogP contribution in [0.3, 0.4) is 0 Å². The van der Waals surface area contributed by atoms with Gasteiger partial charge in [0, 0.05) is 30.3 Å². The second kappa shape index (κ2) is 8.66. The molecule has 1 atom stereocenters. The van der Waals surface area contributed by atoms with Crippen molar-refractivity contribution >= 4 is 11.6 Å². The Labute approximate surface area is 128 Å². The Kier molecular flexibility index (Phi) is 7.57. The van der Waals surface area contributed by atoms with Crippen molar-refractivity contribution in [3.8, 4) is 0 Å². The maximum Gasteiger partial charge on any atom is 0.0466 e. The third-order valence-corrected chi connectivity index (χ3v) is 3.48. The van der Waals surface area contributed by atoms with Crippen molar-refractivity contribution in [3.63, 3.8) is 0 Å². The second-order valence-corrected chi connectivity index (χ2v) is 6.66. The highest BCUT2D eigenvalue weighted by molar-refractivity contribution is 6.30. The molecule has 1 rings (SSSR count). The number of rotatable bonds is 8. The molecule has 0 aliphatic heterocycles. The van der Waals surface area contributed by atoms with E-state index in [0.29, 0.717) is 5.92 Å². The Bertz CT molecular complexity index is 387. The van der Waals surface area contributed by atoms with Gasteiger partial charge in [-0.2, -0.15) is 0 Å². The predicted octanol–water partition coefficient (Wildman–Crippen LogP) is 4.63. The number of ether oxygens (including phenoxy) is 1. The minimum absolute atomic E-state index is 0.136. The molecule has 0 fully saturated rings. The molecule has 114 valence electrons. The van der Waals surface area contributed by atoms with Crippen molar-refractivity contribution in [3.05, 3.63) is 34.9 Å². The van der Waals surface area contributed by atoms with E-state index in [1.165, 1.54) is 5.56 Å². The zero-order chi connectivity index (χ0) is 15.0. The van der Waals surface area contributed by atoms with Crippen molar-refractivity contribution in [1.82, 2.24) is 5.32 Å². The highest BCUT2D eigenvalue weighted by Crippen LogP contribution is 2.24. The lowest BCUT2D eigenvalue weighted by Gasteiger charge is -2.26. The van der Waals surface area contributed by atoms with Crippen LogP contribution in [0, 0.1) is 0 Å². The first kappa shape index (κ1) is 17.5. The van der Waals surface area contributed by atoms with Crippen LogP contribution >= 0.6 is 11.6 Å². The molecule has 2 nitrogen and oxygen atoms in total. The lowest BCUT2D eigenvalue weighted by atomic mass is 9.93. The van der Waals surface area contributed by atoms with E-state index >= 15 is 0 Å². The summed E-state index contributed by atoms with van der Waals surface area (Å²) in [7, 11) is 0. The summed E-state index contributed by atoms with van der Waals surface area (Å²) >= 11 is 6.12. The van der Waals surface area contributed by atoms with Crippen LogP contribution in [-0.4, -0.2) is 25.3 Å². The summed E-state index contributed by atoms with van der Waals surface area (Å²) in [4.78, 5) is 0. The Morgan fingerprint density at radius 2 is 2.05 bits per heavy atom. The fraction of sp³-hybridized carbons (Fsp3) is 0.647. The first-order valence-electron chi connectivity index (χ1n) is 7.50. The van der Waals surface area contributed by atoms with Gasteiger partial charge >= 0.3 is 0 Å². The Hall–Kier alpha value is -0.570. The summed E-state index contributed by atoms with van der Waals surface area (Å²) in [5.41, 5.74) is 1.45. The summed E-state index contributed by atoms with van der Waals surface area (Å²) < 4.78 is 5.44. The van der Waals surface area contributed by atoms with Crippen molar-refractivity contribution in [1.29, 1.82) is 0 Å². The smallest absolute Gasteiger partial charge is 0.0466 e. The van der Waals surface area contributed by atoms with Crippen LogP contribution in [0.4, 0.5) is 0 Å². The molecule has 0 saturated heterocycles. The van der Waals surface area contributed by atoms with Crippen molar-refractivity contribution in [2.24, 2.45) is 0 Å². The fourth-order valence-electron chi connectivity index (χ4n) is 2.15. The van der Waals surface area contributed by atoms with Gasteiger partial charge in [0.25, 0.3) is 0 Å².